The van der Waals surface area contributed by atoms with E-state index in [2.05, 4.69) is 24.3 Å². The van der Waals surface area contributed by atoms with Crippen LogP contribution >= 0.6 is 0 Å². The standard InChI is InChI=1S/C18H17NO2/c1-20-17-10-15(16(19)11-18(17)21-2)14-9-5-7-12-6-3-4-8-13(12)14/h3-11H,19H2,1-2H3. The molecule has 3 aromatic carbocycles. The molecule has 106 valence electrons. The maximum absolute atomic E-state index is 6.21. The van der Waals surface area contributed by atoms with Gasteiger partial charge in [-0.2, -0.15) is 0 Å². The van der Waals surface area contributed by atoms with Gasteiger partial charge in [0.15, 0.2) is 11.5 Å². The molecule has 0 heterocycles. The fourth-order valence-electron chi connectivity index (χ4n) is 2.59. The lowest BCUT2D eigenvalue weighted by Gasteiger charge is -2.14. The van der Waals surface area contributed by atoms with Crippen molar-refractivity contribution in [2.45, 2.75) is 0 Å². The summed E-state index contributed by atoms with van der Waals surface area (Å²) in [6.07, 6.45) is 0. The number of fused-ring (bicyclic) bond motifs is 1. The van der Waals surface area contributed by atoms with Gasteiger partial charge in [0.1, 0.15) is 0 Å². The molecule has 0 aliphatic heterocycles. The van der Waals surface area contributed by atoms with Crippen molar-refractivity contribution >= 4 is 16.5 Å². The van der Waals surface area contributed by atoms with Crippen LogP contribution in [0.3, 0.4) is 0 Å². The van der Waals surface area contributed by atoms with Gasteiger partial charge >= 0.3 is 0 Å². The highest BCUT2D eigenvalue weighted by molar-refractivity contribution is 5.99. The van der Waals surface area contributed by atoms with Gasteiger partial charge < -0.3 is 15.2 Å². The Balaban J connectivity index is 2.28. The van der Waals surface area contributed by atoms with Crippen molar-refractivity contribution in [1.82, 2.24) is 0 Å². The van der Waals surface area contributed by atoms with Gasteiger partial charge in [0.05, 0.1) is 14.2 Å². The first-order valence-electron chi connectivity index (χ1n) is 6.74. The number of methoxy groups -OCH3 is 2. The third kappa shape index (κ3) is 2.27. The minimum absolute atomic E-state index is 0.638. The monoisotopic (exact) mass is 279 g/mol. The van der Waals surface area contributed by atoms with Crippen LogP contribution in [-0.2, 0) is 0 Å². The highest BCUT2D eigenvalue weighted by atomic mass is 16.5. The summed E-state index contributed by atoms with van der Waals surface area (Å²) < 4.78 is 10.7. The van der Waals surface area contributed by atoms with Gasteiger partial charge in [-0.15, -0.1) is 0 Å². The third-order valence-electron chi connectivity index (χ3n) is 3.64. The molecule has 0 aliphatic carbocycles. The molecule has 3 nitrogen and oxygen atoms in total. The molecule has 3 heteroatoms. The maximum atomic E-state index is 6.21. The summed E-state index contributed by atoms with van der Waals surface area (Å²) >= 11 is 0. The van der Waals surface area contributed by atoms with E-state index in [1.165, 1.54) is 10.8 Å². The van der Waals surface area contributed by atoms with Crippen molar-refractivity contribution in [3.8, 4) is 22.6 Å². The molecule has 0 radical (unpaired) electrons. The molecule has 3 aromatic rings. The molecule has 0 atom stereocenters. The van der Waals surface area contributed by atoms with Crippen LogP contribution in [0.4, 0.5) is 5.69 Å². The largest absolute Gasteiger partial charge is 0.493 e. The smallest absolute Gasteiger partial charge is 0.162 e. The van der Waals surface area contributed by atoms with E-state index in [1.54, 1.807) is 20.3 Å². The van der Waals surface area contributed by atoms with Crippen LogP contribution in [0.15, 0.2) is 54.6 Å². The summed E-state index contributed by atoms with van der Waals surface area (Å²) in [5, 5.41) is 2.35. The summed E-state index contributed by atoms with van der Waals surface area (Å²) in [6.45, 7) is 0. The molecule has 2 N–H and O–H groups in total. The summed E-state index contributed by atoms with van der Waals surface area (Å²) in [5.74, 6) is 1.31. The van der Waals surface area contributed by atoms with E-state index in [-0.39, 0.29) is 0 Å². The van der Waals surface area contributed by atoms with E-state index in [9.17, 15) is 0 Å². The minimum atomic E-state index is 0.638. The van der Waals surface area contributed by atoms with E-state index in [0.29, 0.717) is 17.2 Å². The number of hydrogen-bond acceptors (Lipinski definition) is 3. The highest BCUT2D eigenvalue weighted by Crippen LogP contribution is 2.39. The molecule has 0 amide bonds. The number of ether oxygens (including phenoxy) is 2. The topological polar surface area (TPSA) is 44.5 Å². The van der Waals surface area contributed by atoms with Crippen LogP contribution < -0.4 is 15.2 Å². The van der Waals surface area contributed by atoms with Gasteiger partial charge in [-0.1, -0.05) is 42.5 Å². The SMILES string of the molecule is COc1cc(N)c(-c2cccc3ccccc23)cc1OC. The van der Waals surface area contributed by atoms with Gasteiger partial charge in [-0.3, -0.25) is 0 Å². The van der Waals surface area contributed by atoms with Gasteiger partial charge in [-0.05, 0) is 22.4 Å². The number of benzene rings is 3. The summed E-state index contributed by atoms with van der Waals surface area (Å²) in [7, 11) is 3.23. The molecule has 3 rings (SSSR count). The highest BCUT2D eigenvalue weighted by Gasteiger charge is 2.12. The normalized spacial score (nSPS) is 10.6. The van der Waals surface area contributed by atoms with E-state index >= 15 is 0 Å². The molecule has 0 saturated heterocycles. The Labute approximate surface area is 123 Å². The lowest BCUT2D eigenvalue weighted by molar-refractivity contribution is 0.355. The number of nitrogens with two attached hydrogens (primary N) is 1. The predicted molar refractivity (Wildman–Crippen MR) is 86.9 cm³/mol. The van der Waals surface area contributed by atoms with Gasteiger partial charge in [-0.25, -0.2) is 0 Å². The molecule has 0 bridgehead atoms. The second-order valence-electron chi connectivity index (χ2n) is 4.82. The van der Waals surface area contributed by atoms with Gasteiger partial charge in [0, 0.05) is 17.3 Å². The molecule has 0 fully saturated rings. The predicted octanol–water partition coefficient (Wildman–Crippen LogP) is 4.11. The van der Waals surface area contributed by atoms with E-state index < -0.39 is 0 Å². The van der Waals surface area contributed by atoms with Crippen molar-refractivity contribution in [2.24, 2.45) is 0 Å². The van der Waals surface area contributed by atoms with Crippen LogP contribution in [0.5, 0.6) is 11.5 Å². The first-order valence-corrected chi connectivity index (χ1v) is 6.74. The van der Waals surface area contributed by atoms with Crippen molar-refractivity contribution in [3.63, 3.8) is 0 Å². The number of hydrogen-bond donors (Lipinski definition) is 1. The average molecular weight is 279 g/mol. The quantitative estimate of drug-likeness (QED) is 0.734. The zero-order chi connectivity index (χ0) is 14.8. The molecular formula is C18H17NO2. The van der Waals surface area contributed by atoms with Gasteiger partial charge in [0.2, 0.25) is 0 Å². The zero-order valence-corrected chi connectivity index (χ0v) is 12.1. The summed E-state index contributed by atoms with van der Waals surface area (Å²) in [4.78, 5) is 0. The Bertz CT molecular complexity index is 791. The van der Waals surface area contributed by atoms with Crippen LogP contribution in [0.1, 0.15) is 0 Å². The fourth-order valence-corrected chi connectivity index (χ4v) is 2.59. The van der Waals surface area contributed by atoms with Crippen LogP contribution in [0.25, 0.3) is 21.9 Å². The van der Waals surface area contributed by atoms with Crippen molar-refractivity contribution in [2.75, 3.05) is 20.0 Å². The second kappa shape index (κ2) is 5.37. The molecule has 21 heavy (non-hydrogen) atoms. The number of nitrogen functional groups attached to an aromatic ring is 1. The number of rotatable bonds is 3. The zero-order valence-electron chi connectivity index (χ0n) is 12.1. The van der Waals surface area contributed by atoms with Crippen LogP contribution in [0, 0.1) is 0 Å². The second-order valence-corrected chi connectivity index (χ2v) is 4.82. The molecule has 0 saturated carbocycles. The molecule has 0 unspecified atom stereocenters. The van der Waals surface area contributed by atoms with E-state index in [4.69, 9.17) is 15.2 Å². The van der Waals surface area contributed by atoms with Crippen LogP contribution in [0.2, 0.25) is 0 Å². The Morgan fingerprint density at radius 1 is 0.762 bits per heavy atom. The summed E-state index contributed by atoms with van der Waals surface area (Å²) in [6, 6.07) is 18.2. The van der Waals surface area contributed by atoms with Crippen LogP contribution in [-0.4, -0.2) is 14.2 Å². The first kappa shape index (κ1) is 13.3. The Morgan fingerprint density at radius 2 is 1.43 bits per heavy atom. The molecule has 0 spiro atoms. The Kier molecular flexibility index (Phi) is 3.40. The number of anilines is 1. The van der Waals surface area contributed by atoms with E-state index in [1.807, 2.05) is 24.3 Å². The minimum Gasteiger partial charge on any atom is -0.493 e. The summed E-state index contributed by atoms with van der Waals surface area (Å²) in [5.41, 5.74) is 8.92. The van der Waals surface area contributed by atoms with Crippen molar-refractivity contribution in [3.05, 3.63) is 54.6 Å². The molecular weight excluding hydrogens is 262 g/mol. The lowest BCUT2D eigenvalue weighted by atomic mass is 9.97. The van der Waals surface area contributed by atoms with Crippen molar-refractivity contribution < 1.29 is 9.47 Å². The third-order valence-corrected chi connectivity index (χ3v) is 3.64. The maximum Gasteiger partial charge on any atom is 0.162 e. The van der Waals surface area contributed by atoms with E-state index in [0.717, 1.165) is 11.1 Å². The average Bonchev–Trinajstić information content (AvgIpc) is 2.54. The Hall–Kier alpha value is -2.68. The molecule has 0 aromatic heterocycles. The van der Waals surface area contributed by atoms with Crippen molar-refractivity contribution in [1.29, 1.82) is 0 Å². The molecule has 0 aliphatic rings. The first-order chi connectivity index (χ1) is 10.2. The Morgan fingerprint density at radius 3 is 2.19 bits per heavy atom. The van der Waals surface area contributed by atoms with Gasteiger partial charge in [0.25, 0.3) is 0 Å². The lowest BCUT2D eigenvalue weighted by Crippen LogP contribution is -1.96. The fraction of sp³-hybridized carbons (Fsp3) is 0.111.